The van der Waals surface area contributed by atoms with E-state index in [4.69, 9.17) is 23.1 Å². The minimum absolute atomic E-state index is 0.0385. The number of hydrogen-bond acceptors (Lipinski definition) is 5. The summed E-state index contributed by atoms with van der Waals surface area (Å²) in [5, 5.41) is 0.243. The first-order chi connectivity index (χ1) is 9.34. The summed E-state index contributed by atoms with van der Waals surface area (Å²) >= 11 is 5.84. The van der Waals surface area contributed by atoms with Crippen LogP contribution in [0.2, 0.25) is 5.02 Å². The second-order valence-corrected chi connectivity index (χ2v) is 7.37. The van der Waals surface area contributed by atoms with Crippen molar-refractivity contribution in [1.82, 2.24) is 9.29 Å². The zero-order valence-corrected chi connectivity index (χ0v) is 12.9. The van der Waals surface area contributed by atoms with Crippen LogP contribution in [0.25, 0.3) is 0 Å². The molecule has 6 nitrogen and oxygen atoms in total. The lowest BCUT2D eigenvalue weighted by atomic mass is 10.00. The second kappa shape index (κ2) is 5.85. The molecule has 1 aliphatic rings. The summed E-state index contributed by atoms with van der Waals surface area (Å²) < 4.78 is 27.0. The van der Waals surface area contributed by atoms with Crippen molar-refractivity contribution >= 4 is 27.4 Å². The maximum Gasteiger partial charge on any atom is 0.247 e. The van der Waals surface area contributed by atoms with Gasteiger partial charge in [-0.05, 0) is 25.8 Å². The zero-order chi connectivity index (χ0) is 14.9. The lowest BCUT2D eigenvalue weighted by Crippen LogP contribution is -2.51. The van der Waals surface area contributed by atoms with Crippen LogP contribution >= 0.6 is 11.6 Å². The molecule has 1 saturated heterocycles. The van der Waals surface area contributed by atoms with Crippen molar-refractivity contribution in [3.05, 3.63) is 17.3 Å². The maximum absolute atomic E-state index is 12.8. The number of sulfonamides is 1. The minimum Gasteiger partial charge on any atom is -0.383 e. The van der Waals surface area contributed by atoms with E-state index in [1.807, 2.05) is 6.92 Å². The van der Waals surface area contributed by atoms with Crippen molar-refractivity contribution in [2.75, 3.05) is 12.3 Å². The predicted molar refractivity (Wildman–Crippen MR) is 78.8 cm³/mol. The first-order valence-electron chi connectivity index (χ1n) is 6.52. The second-order valence-electron chi connectivity index (χ2n) is 5.07. The Bertz CT molecular complexity index is 591. The smallest absolute Gasteiger partial charge is 0.247 e. The summed E-state index contributed by atoms with van der Waals surface area (Å²) in [6.07, 6.45) is 3.87. The topological polar surface area (TPSA) is 102 Å². The summed E-state index contributed by atoms with van der Waals surface area (Å²) in [5.41, 5.74) is 11.6. The Morgan fingerprint density at radius 2 is 2.20 bits per heavy atom. The number of piperidine rings is 1. The van der Waals surface area contributed by atoms with Crippen LogP contribution in [0.5, 0.6) is 0 Å². The molecule has 1 aromatic heterocycles. The van der Waals surface area contributed by atoms with E-state index in [1.54, 1.807) is 0 Å². The Kier molecular flexibility index (Phi) is 4.53. The molecule has 2 heterocycles. The Balaban J connectivity index is 2.45. The fourth-order valence-electron chi connectivity index (χ4n) is 2.52. The number of nitrogens with zero attached hydrogens (tertiary/aromatic N) is 2. The molecule has 1 aromatic rings. The van der Waals surface area contributed by atoms with Crippen molar-refractivity contribution < 1.29 is 8.42 Å². The molecule has 8 heteroatoms. The van der Waals surface area contributed by atoms with Crippen LogP contribution in [0.3, 0.4) is 0 Å². The Morgan fingerprint density at radius 3 is 2.85 bits per heavy atom. The van der Waals surface area contributed by atoms with E-state index in [2.05, 4.69) is 4.98 Å². The average molecular weight is 319 g/mol. The van der Waals surface area contributed by atoms with Gasteiger partial charge < -0.3 is 11.5 Å². The van der Waals surface area contributed by atoms with Gasteiger partial charge in [0, 0.05) is 24.8 Å². The first-order valence-corrected chi connectivity index (χ1v) is 8.34. The zero-order valence-electron chi connectivity index (χ0n) is 11.3. The highest BCUT2D eigenvalue weighted by Crippen LogP contribution is 2.29. The molecular weight excluding hydrogens is 300 g/mol. The molecule has 2 atom stereocenters. The van der Waals surface area contributed by atoms with E-state index in [0.29, 0.717) is 6.54 Å². The fourth-order valence-corrected chi connectivity index (χ4v) is 4.61. The van der Waals surface area contributed by atoms with Crippen molar-refractivity contribution in [3.63, 3.8) is 0 Å². The SMILES string of the molecule is CC(N)C1CCCCN1S(=O)(=O)c1cc(Cl)cnc1N. The molecule has 0 amide bonds. The maximum atomic E-state index is 12.8. The standard InChI is InChI=1S/C12H19ClN4O2S/c1-8(14)10-4-2-3-5-17(10)20(18,19)11-6-9(13)7-16-12(11)15/h6-8,10H,2-5,14H2,1H3,(H2,15,16). The molecule has 0 spiro atoms. The van der Waals surface area contributed by atoms with Crippen LogP contribution < -0.4 is 11.5 Å². The summed E-state index contributed by atoms with van der Waals surface area (Å²) in [5.74, 6) is -0.0385. The summed E-state index contributed by atoms with van der Waals surface area (Å²) in [6.45, 7) is 2.26. The molecule has 112 valence electrons. The van der Waals surface area contributed by atoms with Gasteiger partial charge in [-0.1, -0.05) is 18.0 Å². The van der Waals surface area contributed by atoms with E-state index in [9.17, 15) is 8.42 Å². The van der Waals surface area contributed by atoms with Crippen molar-refractivity contribution in [3.8, 4) is 0 Å². The van der Waals surface area contributed by atoms with E-state index in [1.165, 1.54) is 16.6 Å². The molecule has 20 heavy (non-hydrogen) atoms. The third-order valence-corrected chi connectivity index (χ3v) is 5.70. The number of nitrogen functional groups attached to an aromatic ring is 1. The van der Waals surface area contributed by atoms with E-state index >= 15 is 0 Å². The Hall–Kier alpha value is -0.890. The van der Waals surface area contributed by atoms with Gasteiger partial charge in [-0.3, -0.25) is 0 Å². The Morgan fingerprint density at radius 1 is 1.50 bits per heavy atom. The number of nitrogens with two attached hydrogens (primary N) is 2. The third kappa shape index (κ3) is 2.90. The highest BCUT2D eigenvalue weighted by molar-refractivity contribution is 7.89. The molecular formula is C12H19ClN4O2S. The van der Waals surface area contributed by atoms with Crippen LogP contribution in [0.4, 0.5) is 5.82 Å². The molecule has 4 N–H and O–H groups in total. The quantitative estimate of drug-likeness (QED) is 0.872. The number of hydrogen-bond donors (Lipinski definition) is 2. The molecule has 0 saturated carbocycles. The van der Waals surface area contributed by atoms with Crippen LogP contribution in [0, 0.1) is 0 Å². The number of anilines is 1. The summed E-state index contributed by atoms with van der Waals surface area (Å²) in [4.78, 5) is 3.77. The minimum atomic E-state index is -3.73. The van der Waals surface area contributed by atoms with E-state index < -0.39 is 10.0 Å². The molecule has 0 bridgehead atoms. The van der Waals surface area contributed by atoms with Crippen LogP contribution in [-0.2, 0) is 10.0 Å². The van der Waals surface area contributed by atoms with Crippen molar-refractivity contribution in [2.45, 2.75) is 43.2 Å². The largest absolute Gasteiger partial charge is 0.383 e. The lowest BCUT2D eigenvalue weighted by Gasteiger charge is -2.36. The van der Waals surface area contributed by atoms with Crippen LogP contribution in [-0.4, -0.2) is 36.3 Å². The highest BCUT2D eigenvalue weighted by Gasteiger charge is 2.36. The number of pyridine rings is 1. The van der Waals surface area contributed by atoms with Crippen LogP contribution in [0.15, 0.2) is 17.2 Å². The van der Waals surface area contributed by atoms with Gasteiger partial charge in [-0.25, -0.2) is 13.4 Å². The predicted octanol–water partition coefficient (Wildman–Crippen LogP) is 1.21. The van der Waals surface area contributed by atoms with Gasteiger partial charge in [-0.2, -0.15) is 4.31 Å². The van der Waals surface area contributed by atoms with Gasteiger partial charge in [0.15, 0.2) is 0 Å². The van der Waals surface area contributed by atoms with E-state index in [0.717, 1.165) is 19.3 Å². The molecule has 0 aliphatic carbocycles. The number of rotatable bonds is 3. The normalized spacial score (nSPS) is 22.6. The third-order valence-electron chi connectivity index (χ3n) is 3.54. The molecule has 2 unspecified atom stereocenters. The van der Waals surface area contributed by atoms with E-state index in [-0.39, 0.29) is 27.8 Å². The average Bonchev–Trinajstić information content (AvgIpc) is 2.41. The Labute approximate surface area is 124 Å². The van der Waals surface area contributed by atoms with Crippen molar-refractivity contribution in [2.24, 2.45) is 5.73 Å². The fraction of sp³-hybridized carbons (Fsp3) is 0.583. The monoisotopic (exact) mass is 318 g/mol. The summed E-state index contributed by atoms with van der Waals surface area (Å²) in [7, 11) is -3.73. The highest BCUT2D eigenvalue weighted by atomic mass is 35.5. The number of halogens is 1. The molecule has 2 rings (SSSR count). The molecule has 1 fully saturated rings. The summed E-state index contributed by atoms with van der Waals surface area (Å²) in [6, 6.07) is 0.886. The first kappa shape index (κ1) is 15.5. The molecule has 0 aromatic carbocycles. The lowest BCUT2D eigenvalue weighted by molar-refractivity contribution is 0.227. The van der Waals surface area contributed by atoms with Gasteiger partial charge in [0.1, 0.15) is 10.7 Å². The molecule has 1 aliphatic heterocycles. The van der Waals surface area contributed by atoms with Gasteiger partial charge in [-0.15, -0.1) is 0 Å². The van der Waals surface area contributed by atoms with Gasteiger partial charge in [0.25, 0.3) is 0 Å². The van der Waals surface area contributed by atoms with Gasteiger partial charge >= 0.3 is 0 Å². The molecule has 0 radical (unpaired) electrons. The van der Waals surface area contributed by atoms with Crippen LogP contribution in [0.1, 0.15) is 26.2 Å². The number of aromatic nitrogens is 1. The van der Waals surface area contributed by atoms with Gasteiger partial charge in [0.05, 0.1) is 5.02 Å². The van der Waals surface area contributed by atoms with Crippen molar-refractivity contribution in [1.29, 1.82) is 0 Å². The van der Waals surface area contributed by atoms with Gasteiger partial charge in [0.2, 0.25) is 10.0 Å².